The van der Waals surface area contributed by atoms with Crippen molar-refractivity contribution in [2.75, 3.05) is 19.7 Å². The third-order valence-corrected chi connectivity index (χ3v) is 5.55. The predicted molar refractivity (Wildman–Crippen MR) is 85.9 cm³/mol. The standard InChI is InChI=1S/C17H24BrNO/c1-2-19-12-17(9-10-20-16(17)13-7-8-13)11-14-5-3-4-6-15(14)18/h3-6,13,16,19H,2,7-12H2,1H3. The van der Waals surface area contributed by atoms with Crippen LogP contribution < -0.4 is 5.32 Å². The van der Waals surface area contributed by atoms with Crippen molar-refractivity contribution in [1.82, 2.24) is 5.32 Å². The van der Waals surface area contributed by atoms with Gasteiger partial charge in [0.15, 0.2) is 0 Å². The Morgan fingerprint density at radius 2 is 2.15 bits per heavy atom. The summed E-state index contributed by atoms with van der Waals surface area (Å²) in [5.74, 6) is 0.804. The first-order valence-electron chi connectivity index (χ1n) is 7.81. The Morgan fingerprint density at radius 1 is 1.35 bits per heavy atom. The van der Waals surface area contributed by atoms with Crippen molar-refractivity contribution in [2.45, 2.75) is 38.7 Å². The minimum atomic E-state index is 0.279. The number of hydrogen-bond acceptors (Lipinski definition) is 2. The minimum absolute atomic E-state index is 0.279. The van der Waals surface area contributed by atoms with Crippen molar-refractivity contribution in [3.8, 4) is 0 Å². The van der Waals surface area contributed by atoms with E-state index in [1.165, 1.54) is 29.3 Å². The topological polar surface area (TPSA) is 21.3 Å². The first-order valence-corrected chi connectivity index (χ1v) is 8.60. The monoisotopic (exact) mass is 337 g/mol. The highest BCUT2D eigenvalue weighted by Crippen LogP contribution is 2.49. The first kappa shape index (κ1) is 14.6. The highest BCUT2D eigenvalue weighted by atomic mass is 79.9. The molecule has 1 aliphatic heterocycles. The molecule has 1 aliphatic carbocycles. The quantitative estimate of drug-likeness (QED) is 0.852. The van der Waals surface area contributed by atoms with E-state index in [0.29, 0.717) is 6.10 Å². The number of halogens is 1. The molecule has 1 saturated heterocycles. The molecule has 0 aromatic heterocycles. The van der Waals surface area contributed by atoms with Crippen molar-refractivity contribution in [1.29, 1.82) is 0 Å². The fourth-order valence-electron chi connectivity index (χ4n) is 3.58. The molecule has 1 aromatic carbocycles. The maximum Gasteiger partial charge on any atom is 0.0675 e. The van der Waals surface area contributed by atoms with Crippen molar-refractivity contribution >= 4 is 15.9 Å². The molecular formula is C17H24BrNO. The van der Waals surface area contributed by atoms with Crippen LogP contribution in [0.3, 0.4) is 0 Å². The number of benzene rings is 1. The second-order valence-corrected chi connectivity index (χ2v) is 7.14. The molecule has 0 amide bonds. The van der Waals surface area contributed by atoms with Crippen molar-refractivity contribution < 1.29 is 4.74 Å². The van der Waals surface area contributed by atoms with Gasteiger partial charge in [-0.1, -0.05) is 41.1 Å². The summed E-state index contributed by atoms with van der Waals surface area (Å²) in [4.78, 5) is 0. The Balaban J connectivity index is 1.83. The lowest BCUT2D eigenvalue weighted by Crippen LogP contribution is -2.43. The van der Waals surface area contributed by atoms with Crippen LogP contribution in [0.25, 0.3) is 0 Å². The van der Waals surface area contributed by atoms with Crippen LogP contribution in [0.15, 0.2) is 28.7 Å². The van der Waals surface area contributed by atoms with Gasteiger partial charge in [-0.2, -0.15) is 0 Å². The van der Waals surface area contributed by atoms with Crippen LogP contribution >= 0.6 is 15.9 Å². The van der Waals surface area contributed by atoms with E-state index < -0.39 is 0 Å². The maximum absolute atomic E-state index is 6.15. The summed E-state index contributed by atoms with van der Waals surface area (Å²) in [6.45, 7) is 5.23. The summed E-state index contributed by atoms with van der Waals surface area (Å²) in [6, 6.07) is 8.63. The number of hydrogen-bond donors (Lipinski definition) is 1. The molecule has 20 heavy (non-hydrogen) atoms. The van der Waals surface area contributed by atoms with Crippen LogP contribution in [0.4, 0.5) is 0 Å². The molecule has 110 valence electrons. The zero-order chi connectivity index (χ0) is 14.0. The van der Waals surface area contributed by atoms with Gasteiger partial charge < -0.3 is 10.1 Å². The zero-order valence-corrected chi connectivity index (χ0v) is 13.8. The summed E-state index contributed by atoms with van der Waals surface area (Å²) in [6.07, 6.45) is 5.46. The van der Waals surface area contributed by atoms with Gasteiger partial charge in [-0.3, -0.25) is 0 Å². The average molecular weight is 338 g/mol. The summed E-state index contributed by atoms with van der Waals surface area (Å²) in [7, 11) is 0. The number of rotatable bonds is 6. The maximum atomic E-state index is 6.15. The molecule has 3 rings (SSSR count). The molecule has 1 aromatic rings. The third kappa shape index (κ3) is 2.95. The molecule has 2 nitrogen and oxygen atoms in total. The smallest absolute Gasteiger partial charge is 0.0675 e. The number of ether oxygens (including phenoxy) is 1. The largest absolute Gasteiger partial charge is 0.377 e. The van der Waals surface area contributed by atoms with Crippen molar-refractivity contribution in [2.24, 2.45) is 11.3 Å². The second-order valence-electron chi connectivity index (χ2n) is 6.29. The second kappa shape index (κ2) is 6.17. The Morgan fingerprint density at radius 3 is 2.85 bits per heavy atom. The van der Waals surface area contributed by atoms with Crippen LogP contribution in [-0.2, 0) is 11.2 Å². The summed E-state index contributed by atoms with van der Waals surface area (Å²) in [5, 5.41) is 3.59. The Hall–Kier alpha value is -0.380. The fraction of sp³-hybridized carbons (Fsp3) is 0.647. The SMILES string of the molecule is CCNCC1(Cc2ccccc2Br)CCOC1C1CC1. The fourth-order valence-corrected chi connectivity index (χ4v) is 4.00. The summed E-state index contributed by atoms with van der Waals surface area (Å²) in [5.41, 5.74) is 1.70. The van der Waals surface area contributed by atoms with Gasteiger partial charge in [0.1, 0.15) is 0 Å². The van der Waals surface area contributed by atoms with Crippen LogP contribution in [0.2, 0.25) is 0 Å². The molecule has 2 unspecified atom stereocenters. The van der Waals surface area contributed by atoms with Crippen molar-refractivity contribution in [3.05, 3.63) is 34.3 Å². The molecule has 1 saturated carbocycles. The first-order chi connectivity index (χ1) is 9.75. The van der Waals surface area contributed by atoms with E-state index in [2.05, 4.69) is 52.4 Å². The van der Waals surface area contributed by atoms with Gasteiger partial charge in [0.25, 0.3) is 0 Å². The molecule has 0 radical (unpaired) electrons. The lowest BCUT2D eigenvalue weighted by molar-refractivity contribution is 0.0308. The van der Waals surface area contributed by atoms with Crippen molar-refractivity contribution in [3.63, 3.8) is 0 Å². The third-order valence-electron chi connectivity index (χ3n) is 4.78. The highest BCUT2D eigenvalue weighted by Gasteiger charge is 2.50. The summed E-state index contributed by atoms with van der Waals surface area (Å²) >= 11 is 3.71. The van der Waals surface area contributed by atoms with Crippen LogP contribution in [-0.4, -0.2) is 25.8 Å². The highest BCUT2D eigenvalue weighted by molar-refractivity contribution is 9.10. The van der Waals surface area contributed by atoms with Crippen LogP contribution in [0.5, 0.6) is 0 Å². The molecule has 2 atom stereocenters. The zero-order valence-electron chi connectivity index (χ0n) is 12.2. The lowest BCUT2D eigenvalue weighted by atomic mass is 9.74. The molecule has 2 aliphatic rings. The summed E-state index contributed by atoms with van der Waals surface area (Å²) < 4.78 is 7.38. The van der Waals surface area contributed by atoms with Gasteiger partial charge in [-0.25, -0.2) is 0 Å². The Bertz CT molecular complexity index is 460. The molecular weight excluding hydrogens is 314 g/mol. The molecule has 1 heterocycles. The Kier molecular flexibility index (Phi) is 4.49. The van der Waals surface area contributed by atoms with Gasteiger partial charge >= 0.3 is 0 Å². The molecule has 3 heteroatoms. The van der Waals surface area contributed by atoms with Crippen LogP contribution in [0.1, 0.15) is 31.7 Å². The van der Waals surface area contributed by atoms with E-state index in [-0.39, 0.29) is 5.41 Å². The van der Waals surface area contributed by atoms with Gasteiger partial charge in [-0.05, 0) is 49.8 Å². The van der Waals surface area contributed by atoms with Gasteiger partial charge in [-0.15, -0.1) is 0 Å². The van der Waals surface area contributed by atoms with E-state index >= 15 is 0 Å². The predicted octanol–water partition coefficient (Wildman–Crippen LogP) is 3.79. The van der Waals surface area contributed by atoms with E-state index in [0.717, 1.165) is 32.0 Å². The molecule has 2 fully saturated rings. The Labute approximate surface area is 130 Å². The van der Waals surface area contributed by atoms with E-state index in [1.807, 2.05) is 0 Å². The van der Waals surface area contributed by atoms with Gasteiger partial charge in [0, 0.05) is 23.0 Å². The van der Waals surface area contributed by atoms with E-state index in [4.69, 9.17) is 4.74 Å². The van der Waals surface area contributed by atoms with Gasteiger partial charge in [0.2, 0.25) is 0 Å². The molecule has 1 N–H and O–H groups in total. The van der Waals surface area contributed by atoms with E-state index in [9.17, 15) is 0 Å². The minimum Gasteiger partial charge on any atom is -0.377 e. The number of nitrogens with one attached hydrogen (secondary N) is 1. The van der Waals surface area contributed by atoms with Crippen LogP contribution in [0, 0.1) is 11.3 Å². The van der Waals surface area contributed by atoms with Gasteiger partial charge in [0.05, 0.1) is 6.10 Å². The lowest BCUT2D eigenvalue weighted by Gasteiger charge is -2.35. The average Bonchev–Trinajstić information content (AvgIpc) is 3.21. The van der Waals surface area contributed by atoms with E-state index in [1.54, 1.807) is 0 Å². The normalized spacial score (nSPS) is 29.8. The molecule has 0 spiro atoms. The molecule has 0 bridgehead atoms.